The molecule has 1 amide bonds. The highest BCUT2D eigenvalue weighted by Gasteiger charge is 2.25. The molecule has 1 aromatic carbocycles. The van der Waals surface area contributed by atoms with Crippen LogP contribution in [0.15, 0.2) is 33.9 Å². The van der Waals surface area contributed by atoms with Gasteiger partial charge in [-0.1, -0.05) is 25.0 Å². The van der Waals surface area contributed by atoms with Gasteiger partial charge in [-0.25, -0.2) is 4.79 Å². The molecule has 0 spiro atoms. The number of benzene rings is 1. The number of hydrogen-bond acceptors (Lipinski definition) is 5. The number of aryl methyl sites for hydroxylation is 2. The number of aromatic amines is 1. The van der Waals surface area contributed by atoms with Crippen LogP contribution in [-0.4, -0.2) is 27.0 Å². The maximum absolute atomic E-state index is 13.6. The van der Waals surface area contributed by atoms with Crippen molar-refractivity contribution in [1.29, 1.82) is 0 Å². The van der Waals surface area contributed by atoms with Crippen LogP contribution in [0.5, 0.6) is 0 Å². The third-order valence-corrected chi connectivity index (χ3v) is 5.10. The van der Waals surface area contributed by atoms with Crippen LogP contribution in [0.25, 0.3) is 10.9 Å². The van der Waals surface area contributed by atoms with Crippen LogP contribution in [0.1, 0.15) is 48.3 Å². The molecule has 2 heterocycles. The summed E-state index contributed by atoms with van der Waals surface area (Å²) < 4.78 is 1.32. The fourth-order valence-corrected chi connectivity index (χ4v) is 3.57. The van der Waals surface area contributed by atoms with E-state index in [2.05, 4.69) is 9.97 Å². The predicted octanol–water partition coefficient (Wildman–Crippen LogP) is 2.75. The minimum absolute atomic E-state index is 0.00124. The number of nitrogen functional groups attached to an aromatic ring is 1. The van der Waals surface area contributed by atoms with Crippen LogP contribution >= 0.6 is 0 Å². The Balaban J connectivity index is 2.20. The summed E-state index contributed by atoms with van der Waals surface area (Å²) in [5.74, 6) is -0.366. The zero-order valence-corrected chi connectivity index (χ0v) is 17.8. The topological polar surface area (TPSA) is 114 Å². The SMILES string of the molecule is CCCCn1c(N)c(N(CC)C(=O)c2cc(C)nc3ccc(C)cc23)c(=O)[nH]c1=O. The van der Waals surface area contributed by atoms with E-state index in [1.807, 2.05) is 39.0 Å². The Morgan fingerprint density at radius 3 is 2.60 bits per heavy atom. The first-order valence-corrected chi connectivity index (χ1v) is 10.1. The molecule has 3 N–H and O–H groups in total. The second-order valence-corrected chi connectivity index (χ2v) is 7.38. The third-order valence-electron chi connectivity index (χ3n) is 5.10. The number of carbonyl (C=O) groups is 1. The maximum atomic E-state index is 13.6. The van der Waals surface area contributed by atoms with Gasteiger partial charge in [0.05, 0.1) is 11.1 Å². The number of aromatic nitrogens is 3. The van der Waals surface area contributed by atoms with Gasteiger partial charge < -0.3 is 10.6 Å². The average molecular weight is 409 g/mol. The molecule has 0 saturated carbocycles. The highest BCUT2D eigenvalue weighted by molar-refractivity contribution is 6.14. The van der Waals surface area contributed by atoms with Crippen LogP contribution in [0.3, 0.4) is 0 Å². The largest absolute Gasteiger partial charge is 0.383 e. The van der Waals surface area contributed by atoms with Crippen LogP contribution in [-0.2, 0) is 6.54 Å². The average Bonchev–Trinajstić information content (AvgIpc) is 2.70. The molecule has 0 unspecified atom stereocenters. The van der Waals surface area contributed by atoms with Crippen molar-refractivity contribution in [2.75, 3.05) is 17.2 Å². The van der Waals surface area contributed by atoms with Crippen molar-refractivity contribution in [3.8, 4) is 0 Å². The molecule has 8 heteroatoms. The normalized spacial score (nSPS) is 11.1. The smallest absolute Gasteiger partial charge is 0.330 e. The van der Waals surface area contributed by atoms with E-state index in [0.717, 1.165) is 18.4 Å². The van der Waals surface area contributed by atoms with E-state index in [1.54, 1.807) is 13.0 Å². The van der Waals surface area contributed by atoms with Crippen LogP contribution in [0.2, 0.25) is 0 Å². The Hall–Kier alpha value is -3.42. The quantitative estimate of drug-likeness (QED) is 0.650. The Morgan fingerprint density at radius 1 is 1.20 bits per heavy atom. The second-order valence-electron chi connectivity index (χ2n) is 7.38. The molecule has 0 bridgehead atoms. The first-order chi connectivity index (χ1) is 14.3. The van der Waals surface area contributed by atoms with Crippen molar-refractivity contribution in [3.63, 3.8) is 0 Å². The molecule has 0 saturated heterocycles. The highest BCUT2D eigenvalue weighted by atomic mass is 16.2. The van der Waals surface area contributed by atoms with Crippen LogP contribution < -0.4 is 21.9 Å². The molecule has 0 aliphatic heterocycles. The molecule has 158 valence electrons. The summed E-state index contributed by atoms with van der Waals surface area (Å²) in [6.45, 7) is 8.10. The molecule has 2 aromatic heterocycles. The minimum atomic E-state index is -0.674. The van der Waals surface area contributed by atoms with Gasteiger partial charge in [0.1, 0.15) is 5.82 Å². The van der Waals surface area contributed by atoms with Gasteiger partial charge in [0, 0.05) is 24.2 Å². The second kappa shape index (κ2) is 8.52. The van der Waals surface area contributed by atoms with Gasteiger partial charge in [0.15, 0.2) is 5.69 Å². The molecule has 3 aromatic rings. The number of carbonyl (C=O) groups excluding carboxylic acids is 1. The number of anilines is 2. The van der Waals surface area contributed by atoms with Crippen molar-refractivity contribution in [1.82, 2.24) is 14.5 Å². The Labute approximate surface area is 174 Å². The minimum Gasteiger partial charge on any atom is -0.383 e. The Bertz CT molecular complexity index is 1230. The molecule has 0 radical (unpaired) electrons. The molecule has 0 fully saturated rings. The molecule has 3 rings (SSSR count). The molecule has 8 nitrogen and oxygen atoms in total. The van der Waals surface area contributed by atoms with E-state index in [-0.39, 0.29) is 24.0 Å². The molecule has 0 aliphatic rings. The lowest BCUT2D eigenvalue weighted by molar-refractivity contribution is 0.0989. The first kappa shape index (κ1) is 21.3. The number of amides is 1. The molecule has 30 heavy (non-hydrogen) atoms. The zero-order valence-electron chi connectivity index (χ0n) is 17.8. The maximum Gasteiger partial charge on any atom is 0.330 e. The first-order valence-electron chi connectivity index (χ1n) is 10.1. The predicted molar refractivity (Wildman–Crippen MR) is 119 cm³/mol. The number of nitrogens with zero attached hydrogens (tertiary/aromatic N) is 3. The summed E-state index contributed by atoms with van der Waals surface area (Å²) in [6, 6.07) is 7.42. The van der Waals surface area contributed by atoms with Gasteiger partial charge in [0.2, 0.25) is 0 Å². The van der Waals surface area contributed by atoms with Crippen LogP contribution in [0.4, 0.5) is 11.5 Å². The van der Waals surface area contributed by atoms with Gasteiger partial charge in [-0.3, -0.25) is 24.1 Å². The lowest BCUT2D eigenvalue weighted by Gasteiger charge is -2.24. The number of fused-ring (bicyclic) bond motifs is 1. The third kappa shape index (κ3) is 3.85. The standard InChI is InChI=1S/C22H27N5O3/c1-5-7-10-27-19(23)18(20(28)25-22(27)30)26(6-2)21(29)16-12-14(4)24-17-9-8-13(3)11-15(16)17/h8-9,11-12H,5-7,10,23H2,1-4H3,(H,25,28,30). The monoisotopic (exact) mass is 409 g/mol. The van der Waals surface area contributed by atoms with E-state index in [4.69, 9.17) is 5.73 Å². The zero-order chi connectivity index (χ0) is 22.0. The molecular weight excluding hydrogens is 382 g/mol. The van der Waals surface area contributed by atoms with Crippen molar-refractivity contribution in [2.24, 2.45) is 0 Å². The van der Waals surface area contributed by atoms with Gasteiger partial charge in [-0.2, -0.15) is 0 Å². The van der Waals surface area contributed by atoms with Crippen LogP contribution in [0, 0.1) is 13.8 Å². The number of rotatable bonds is 6. The fourth-order valence-electron chi connectivity index (χ4n) is 3.57. The van der Waals surface area contributed by atoms with E-state index >= 15 is 0 Å². The van der Waals surface area contributed by atoms with Gasteiger partial charge in [-0.05, 0) is 45.4 Å². The number of unbranched alkanes of at least 4 members (excludes halogenated alkanes) is 1. The molecular formula is C22H27N5O3. The summed E-state index contributed by atoms with van der Waals surface area (Å²) in [5, 5.41) is 0.707. The van der Waals surface area contributed by atoms with Gasteiger partial charge in [0.25, 0.3) is 11.5 Å². The summed E-state index contributed by atoms with van der Waals surface area (Å²) in [6.07, 6.45) is 1.58. The number of nitrogens with two attached hydrogens (primary N) is 1. The molecule has 0 atom stereocenters. The number of pyridine rings is 1. The summed E-state index contributed by atoms with van der Waals surface area (Å²) >= 11 is 0. The van der Waals surface area contributed by atoms with E-state index in [0.29, 0.717) is 28.7 Å². The Morgan fingerprint density at radius 2 is 1.93 bits per heavy atom. The Kier molecular flexibility index (Phi) is 6.05. The van der Waals surface area contributed by atoms with E-state index < -0.39 is 11.2 Å². The summed E-state index contributed by atoms with van der Waals surface area (Å²) in [4.78, 5) is 46.6. The lowest BCUT2D eigenvalue weighted by atomic mass is 10.0. The fraction of sp³-hybridized carbons (Fsp3) is 0.364. The lowest BCUT2D eigenvalue weighted by Crippen LogP contribution is -2.41. The van der Waals surface area contributed by atoms with Crippen molar-refractivity contribution < 1.29 is 4.79 Å². The highest BCUT2D eigenvalue weighted by Crippen LogP contribution is 2.25. The van der Waals surface area contributed by atoms with Gasteiger partial charge in [-0.15, -0.1) is 0 Å². The van der Waals surface area contributed by atoms with E-state index in [1.165, 1.54) is 9.47 Å². The van der Waals surface area contributed by atoms with E-state index in [9.17, 15) is 14.4 Å². The van der Waals surface area contributed by atoms with Crippen molar-refractivity contribution in [2.45, 2.75) is 47.1 Å². The summed E-state index contributed by atoms with van der Waals surface area (Å²) in [5.41, 5.74) is 7.80. The summed E-state index contributed by atoms with van der Waals surface area (Å²) in [7, 11) is 0. The number of hydrogen-bond donors (Lipinski definition) is 2. The number of H-pyrrole nitrogens is 1. The van der Waals surface area contributed by atoms with Crippen molar-refractivity contribution in [3.05, 3.63) is 61.9 Å². The molecule has 0 aliphatic carbocycles. The van der Waals surface area contributed by atoms with Crippen molar-refractivity contribution >= 4 is 28.3 Å². The van der Waals surface area contributed by atoms with Gasteiger partial charge >= 0.3 is 5.69 Å². The number of nitrogens with one attached hydrogen (secondary N) is 1.